The summed E-state index contributed by atoms with van der Waals surface area (Å²) in [5.41, 5.74) is 0.309. The number of sulfonamides is 1. The molecule has 0 saturated heterocycles. The van der Waals surface area contributed by atoms with Gasteiger partial charge in [-0.1, -0.05) is 37.1 Å². The van der Waals surface area contributed by atoms with Crippen molar-refractivity contribution in [1.82, 2.24) is 10.0 Å². The minimum atomic E-state index is -3.62. The highest BCUT2D eigenvalue weighted by Gasteiger charge is 2.23. The number of hydrogen-bond donors (Lipinski definition) is 2. The second kappa shape index (κ2) is 9.01. The fraction of sp³-hybridized carbons (Fsp3) is 0.350. The van der Waals surface area contributed by atoms with Gasteiger partial charge in [0.1, 0.15) is 12.4 Å². The smallest absolute Gasteiger partial charge is 0.251 e. The van der Waals surface area contributed by atoms with Gasteiger partial charge < -0.3 is 10.1 Å². The van der Waals surface area contributed by atoms with Crippen LogP contribution in [0.15, 0.2) is 59.5 Å². The fourth-order valence-corrected chi connectivity index (χ4v) is 4.44. The Morgan fingerprint density at radius 2 is 1.78 bits per heavy atom. The van der Waals surface area contributed by atoms with E-state index in [-0.39, 0.29) is 16.8 Å². The van der Waals surface area contributed by atoms with Gasteiger partial charge in [-0.2, -0.15) is 0 Å². The van der Waals surface area contributed by atoms with Gasteiger partial charge in [-0.3, -0.25) is 4.79 Å². The summed E-state index contributed by atoms with van der Waals surface area (Å²) >= 11 is 0. The lowest BCUT2D eigenvalue weighted by Gasteiger charge is -2.13. The maximum atomic E-state index is 12.5. The van der Waals surface area contributed by atoms with Gasteiger partial charge >= 0.3 is 0 Å². The number of para-hydroxylation sites is 1. The molecule has 1 amide bonds. The Hall–Kier alpha value is -2.38. The summed E-state index contributed by atoms with van der Waals surface area (Å²) in [4.78, 5) is 12.4. The van der Waals surface area contributed by atoms with Crippen LogP contribution in [0.25, 0.3) is 0 Å². The first-order chi connectivity index (χ1) is 13.0. The molecule has 7 heteroatoms. The van der Waals surface area contributed by atoms with Gasteiger partial charge in [0.15, 0.2) is 0 Å². The predicted octanol–water partition coefficient (Wildman–Crippen LogP) is 2.72. The molecule has 0 unspecified atom stereocenters. The average molecular weight is 388 g/mol. The van der Waals surface area contributed by atoms with Crippen molar-refractivity contribution in [2.75, 3.05) is 13.2 Å². The minimum Gasteiger partial charge on any atom is -0.492 e. The molecule has 0 bridgehead atoms. The molecule has 2 aromatic carbocycles. The van der Waals surface area contributed by atoms with Crippen LogP contribution < -0.4 is 14.8 Å². The summed E-state index contributed by atoms with van der Waals surface area (Å²) in [5.74, 6) is 0.405. The summed E-state index contributed by atoms with van der Waals surface area (Å²) in [6.07, 6.45) is 3.81. The quantitative estimate of drug-likeness (QED) is 0.681. The minimum absolute atomic E-state index is 0.0115. The molecule has 0 radical (unpaired) electrons. The fourth-order valence-electron chi connectivity index (χ4n) is 3.09. The number of rotatable bonds is 8. The number of amides is 1. The maximum absolute atomic E-state index is 12.5. The maximum Gasteiger partial charge on any atom is 0.251 e. The number of nitrogens with one attached hydrogen (secondary N) is 2. The second-order valence-corrected chi connectivity index (χ2v) is 8.26. The highest BCUT2D eigenvalue weighted by Crippen LogP contribution is 2.20. The van der Waals surface area contributed by atoms with E-state index in [0.717, 1.165) is 31.4 Å². The van der Waals surface area contributed by atoms with Crippen LogP contribution in [0.3, 0.4) is 0 Å². The molecule has 0 spiro atoms. The Kier molecular flexibility index (Phi) is 6.47. The Bertz CT molecular complexity index is 863. The lowest BCUT2D eigenvalue weighted by atomic mass is 10.2. The van der Waals surface area contributed by atoms with Gasteiger partial charge in [0.25, 0.3) is 5.91 Å². The largest absolute Gasteiger partial charge is 0.492 e. The third kappa shape index (κ3) is 5.55. The van der Waals surface area contributed by atoms with Gasteiger partial charge in [0.2, 0.25) is 10.0 Å². The zero-order valence-corrected chi connectivity index (χ0v) is 15.9. The number of carbonyl (C=O) groups excluding carboxylic acids is 1. The van der Waals surface area contributed by atoms with Crippen LogP contribution in [0.5, 0.6) is 5.75 Å². The number of ether oxygens (including phenoxy) is 1. The van der Waals surface area contributed by atoms with Gasteiger partial charge in [0, 0.05) is 11.6 Å². The number of carbonyl (C=O) groups is 1. The zero-order chi connectivity index (χ0) is 19.1. The first-order valence-corrected chi connectivity index (χ1v) is 10.6. The topological polar surface area (TPSA) is 84.5 Å². The Morgan fingerprint density at radius 1 is 1.04 bits per heavy atom. The van der Waals surface area contributed by atoms with E-state index in [1.54, 1.807) is 12.1 Å². The van der Waals surface area contributed by atoms with E-state index in [0.29, 0.717) is 18.7 Å². The van der Waals surface area contributed by atoms with Crippen LogP contribution in [0.4, 0.5) is 0 Å². The molecule has 0 aliphatic heterocycles. The average Bonchev–Trinajstić information content (AvgIpc) is 3.18. The first-order valence-electron chi connectivity index (χ1n) is 9.13. The highest BCUT2D eigenvalue weighted by atomic mass is 32.2. The van der Waals surface area contributed by atoms with Crippen LogP contribution in [0.2, 0.25) is 0 Å². The Balaban J connectivity index is 1.55. The molecule has 1 aliphatic carbocycles. The first kappa shape index (κ1) is 19.4. The monoisotopic (exact) mass is 388 g/mol. The van der Waals surface area contributed by atoms with Gasteiger partial charge in [-0.25, -0.2) is 13.1 Å². The van der Waals surface area contributed by atoms with Gasteiger partial charge in [0.05, 0.1) is 11.4 Å². The Labute approximate surface area is 160 Å². The van der Waals surface area contributed by atoms with Crippen molar-refractivity contribution < 1.29 is 17.9 Å². The van der Waals surface area contributed by atoms with E-state index >= 15 is 0 Å². The molecule has 0 atom stereocenters. The molecular formula is C20H24N2O4S. The molecular weight excluding hydrogens is 364 g/mol. The van der Waals surface area contributed by atoms with E-state index in [9.17, 15) is 13.2 Å². The molecule has 144 valence electrons. The second-order valence-electron chi connectivity index (χ2n) is 6.55. The molecule has 6 nitrogen and oxygen atoms in total. The van der Waals surface area contributed by atoms with Crippen LogP contribution in [-0.2, 0) is 10.0 Å². The van der Waals surface area contributed by atoms with Crippen molar-refractivity contribution in [2.45, 2.75) is 36.6 Å². The normalized spacial score (nSPS) is 14.8. The molecule has 2 aromatic rings. The van der Waals surface area contributed by atoms with Crippen molar-refractivity contribution in [3.63, 3.8) is 0 Å². The van der Waals surface area contributed by atoms with Crippen molar-refractivity contribution in [1.29, 1.82) is 0 Å². The van der Waals surface area contributed by atoms with Crippen molar-refractivity contribution in [2.24, 2.45) is 0 Å². The van der Waals surface area contributed by atoms with Crippen molar-refractivity contribution in [3.8, 4) is 5.75 Å². The summed E-state index contributed by atoms with van der Waals surface area (Å²) in [6, 6.07) is 15.4. The number of hydrogen-bond acceptors (Lipinski definition) is 4. The molecule has 1 fully saturated rings. The lowest BCUT2D eigenvalue weighted by Crippen LogP contribution is -2.33. The predicted molar refractivity (Wildman–Crippen MR) is 103 cm³/mol. The summed E-state index contributed by atoms with van der Waals surface area (Å²) < 4.78 is 33.3. The molecule has 0 heterocycles. The van der Waals surface area contributed by atoms with Crippen molar-refractivity contribution >= 4 is 15.9 Å². The third-order valence-corrected chi connectivity index (χ3v) is 6.00. The lowest BCUT2D eigenvalue weighted by molar-refractivity contribution is 0.0947. The summed E-state index contributed by atoms with van der Waals surface area (Å²) in [5, 5.41) is 2.74. The van der Waals surface area contributed by atoms with E-state index in [2.05, 4.69) is 10.0 Å². The van der Waals surface area contributed by atoms with Crippen LogP contribution in [-0.4, -0.2) is 33.5 Å². The van der Waals surface area contributed by atoms with Crippen LogP contribution in [0, 0.1) is 0 Å². The molecule has 27 heavy (non-hydrogen) atoms. The van der Waals surface area contributed by atoms with E-state index in [1.807, 2.05) is 30.3 Å². The molecule has 1 saturated carbocycles. The summed E-state index contributed by atoms with van der Waals surface area (Å²) in [6.45, 7) is 0.655. The third-order valence-electron chi connectivity index (χ3n) is 4.48. The summed E-state index contributed by atoms with van der Waals surface area (Å²) in [7, 11) is -3.62. The zero-order valence-electron chi connectivity index (χ0n) is 15.1. The molecule has 1 aliphatic rings. The van der Waals surface area contributed by atoms with E-state index in [4.69, 9.17) is 4.74 Å². The number of benzene rings is 2. The van der Waals surface area contributed by atoms with Gasteiger partial charge in [-0.05, 0) is 43.2 Å². The van der Waals surface area contributed by atoms with E-state index < -0.39 is 10.0 Å². The van der Waals surface area contributed by atoms with Crippen molar-refractivity contribution in [3.05, 3.63) is 60.2 Å². The molecule has 3 rings (SSSR count). The Morgan fingerprint density at radius 3 is 2.52 bits per heavy atom. The van der Waals surface area contributed by atoms with Gasteiger partial charge in [-0.15, -0.1) is 0 Å². The van der Waals surface area contributed by atoms with E-state index in [1.165, 1.54) is 12.1 Å². The van der Waals surface area contributed by atoms with Crippen LogP contribution >= 0.6 is 0 Å². The molecule has 0 aromatic heterocycles. The highest BCUT2D eigenvalue weighted by molar-refractivity contribution is 7.89. The SMILES string of the molecule is O=C(NCCOc1ccccc1)c1cccc(S(=O)(=O)NC2CCCC2)c1. The van der Waals surface area contributed by atoms with Crippen LogP contribution in [0.1, 0.15) is 36.0 Å². The standard InChI is InChI=1S/C20H24N2O4S/c23-20(21-13-14-26-18-10-2-1-3-11-18)16-7-6-12-19(15-16)27(24,25)22-17-8-4-5-9-17/h1-3,6-7,10-12,15,17,22H,4-5,8-9,13-14H2,(H,21,23). The molecule has 2 N–H and O–H groups in total.